The smallest absolute Gasteiger partial charge is 0.191 e. The van der Waals surface area contributed by atoms with Crippen molar-refractivity contribution in [3.05, 3.63) is 0 Å². The molecular weight excluding hydrogens is 312 g/mol. The Bertz CT molecular complexity index is 447. The summed E-state index contributed by atoms with van der Waals surface area (Å²) in [4.78, 5) is 6.88. The first-order chi connectivity index (χ1) is 10.5. The molecule has 0 fully saturated rings. The monoisotopic (exact) mass is 348 g/mol. The topological polar surface area (TPSA) is 73.8 Å². The number of hydrogen-bond donors (Lipinski definition) is 2. The molecule has 0 saturated carbocycles. The van der Waals surface area contributed by atoms with Crippen LogP contribution in [-0.4, -0.2) is 70.6 Å². The number of sulfone groups is 1. The molecule has 0 aliphatic rings. The second-order valence-corrected chi connectivity index (χ2v) is 9.19. The van der Waals surface area contributed by atoms with E-state index in [0.29, 0.717) is 18.4 Å². The first-order valence-electron chi connectivity index (χ1n) is 8.44. The third-order valence-corrected chi connectivity index (χ3v) is 4.56. The van der Waals surface area contributed by atoms with Gasteiger partial charge in [-0.25, -0.2) is 8.42 Å². The SMILES string of the molecule is CCNC(=NCC(CC(C)C)N(C)C)NC(C)CCS(C)(=O)=O. The van der Waals surface area contributed by atoms with E-state index >= 15 is 0 Å². The Morgan fingerprint density at radius 3 is 2.26 bits per heavy atom. The third kappa shape index (κ3) is 12.3. The molecule has 0 aliphatic heterocycles. The summed E-state index contributed by atoms with van der Waals surface area (Å²) in [5, 5.41) is 6.52. The molecule has 0 aromatic carbocycles. The summed E-state index contributed by atoms with van der Waals surface area (Å²) in [5.41, 5.74) is 0. The van der Waals surface area contributed by atoms with Gasteiger partial charge in [0.1, 0.15) is 9.84 Å². The molecule has 0 radical (unpaired) electrons. The maximum absolute atomic E-state index is 11.3. The number of nitrogens with one attached hydrogen (secondary N) is 2. The zero-order chi connectivity index (χ0) is 18.0. The van der Waals surface area contributed by atoms with E-state index in [9.17, 15) is 8.42 Å². The van der Waals surface area contributed by atoms with Crippen LogP contribution in [0.5, 0.6) is 0 Å². The van der Waals surface area contributed by atoms with E-state index in [1.54, 1.807) is 0 Å². The largest absolute Gasteiger partial charge is 0.357 e. The van der Waals surface area contributed by atoms with E-state index in [2.05, 4.69) is 48.5 Å². The zero-order valence-electron chi connectivity index (χ0n) is 15.9. The molecule has 2 unspecified atom stereocenters. The van der Waals surface area contributed by atoms with E-state index in [4.69, 9.17) is 0 Å². The van der Waals surface area contributed by atoms with Crippen LogP contribution in [0, 0.1) is 5.92 Å². The van der Waals surface area contributed by atoms with E-state index in [-0.39, 0.29) is 11.8 Å². The Morgan fingerprint density at radius 1 is 1.22 bits per heavy atom. The van der Waals surface area contributed by atoms with Crippen LogP contribution >= 0.6 is 0 Å². The van der Waals surface area contributed by atoms with Crippen molar-refractivity contribution >= 4 is 15.8 Å². The molecule has 0 saturated heterocycles. The lowest BCUT2D eigenvalue weighted by molar-refractivity contribution is 0.261. The fourth-order valence-corrected chi connectivity index (χ4v) is 2.99. The highest BCUT2D eigenvalue weighted by Crippen LogP contribution is 2.09. The van der Waals surface area contributed by atoms with Gasteiger partial charge in [0.25, 0.3) is 0 Å². The van der Waals surface area contributed by atoms with E-state index < -0.39 is 9.84 Å². The first-order valence-corrected chi connectivity index (χ1v) is 10.5. The van der Waals surface area contributed by atoms with Crippen molar-refractivity contribution in [2.75, 3.05) is 39.2 Å². The van der Waals surface area contributed by atoms with Crippen LogP contribution in [0.15, 0.2) is 4.99 Å². The molecule has 0 aromatic rings. The van der Waals surface area contributed by atoms with Crippen LogP contribution in [-0.2, 0) is 9.84 Å². The van der Waals surface area contributed by atoms with Crippen molar-refractivity contribution in [1.29, 1.82) is 0 Å². The quantitative estimate of drug-likeness (QED) is 0.460. The van der Waals surface area contributed by atoms with E-state index in [0.717, 1.165) is 25.5 Å². The lowest BCUT2D eigenvalue weighted by atomic mass is 10.0. The number of likely N-dealkylation sites (N-methyl/N-ethyl adjacent to an activating group) is 1. The van der Waals surface area contributed by atoms with Gasteiger partial charge < -0.3 is 15.5 Å². The molecule has 0 rings (SSSR count). The van der Waals surface area contributed by atoms with Crippen LogP contribution in [0.2, 0.25) is 0 Å². The summed E-state index contributed by atoms with van der Waals surface area (Å²) in [5.74, 6) is 1.57. The summed E-state index contributed by atoms with van der Waals surface area (Å²) in [7, 11) is 1.24. The van der Waals surface area contributed by atoms with Gasteiger partial charge >= 0.3 is 0 Å². The molecule has 138 valence electrons. The minimum atomic E-state index is -2.92. The molecule has 23 heavy (non-hydrogen) atoms. The van der Waals surface area contributed by atoms with Crippen LogP contribution in [0.3, 0.4) is 0 Å². The van der Waals surface area contributed by atoms with Gasteiger partial charge in [0.15, 0.2) is 5.96 Å². The molecule has 2 N–H and O–H groups in total. The lowest BCUT2D eigenvalue weighted by Gasteiger charge is -2.25. The van der Waals surface area contributed by atoms with Crippen molar-refractivity contribution in [2.24, 2.45) is 10.9 Å². The second-order valence-electron chi connectivity index (χ2n) is 6.93. The van der Waals surface area contributed by atoms with Gasteiger partial charge in [0, 0.05) is 24.9 Å². The van der Waals surface area contributed by atoms with Crippen molar-refractivity contribution in [3.8, 4) is 0 Å². The van der Waals surface area contributed by atoms with E-state index in [1.165, 1.54) is 6.26 Å². The molecule has 0 amide bonds. The molecule has 7 heteroatoms. The normalized spacial score (nSPS) is 15.8. The highest BCUT2D eigenvalue weighted by Gasteiger charge is 2.14. The molecule has 6 nitrogen and oxygen atoms in total. The number of guanidine groups is 1. The predicted octanol–water partition coefficient (Wildman–Crippen LogP) is 1.34. The minimum Gasteiger partial charge on any atom is -0.357 e. The predicted molar refractivity (Wildman–Crippen MR) is 99.8 cm³/mol. The highest BCUT2D eigenvalue weighted by molar-refractivity contribution is 7.90. The molecule has 0 aromatic heterocycles. The van der Waals surface area contributed by atoms with Gasteiger partial charge in [0.05, 0.1) is 12.3 Å². The standard InChI is InChI=1S/C16H36N4O2S/c1-8-17-16(19-14(4)9-10-23(7,21)22)18-12-15(20(5)6)11-13(2)3/h13-15H,8-12H2,1-7H3,(H2,17,18,19). The maximum atomic E-state index is 11.3. The Morgan fingerprint density at radius 2 is 1.83 bits per heavy atom. The molecule has 0 aliphatic carbocycles. The summed E-state index contributed by atoms with van der Waals surface area (Å²) in [6, 6.07) is 0.460. The highest BCUT2D eigenvalue weighted by atomic mass is 32.2. The Labute approximate surface area is 143 Å². The molecule has 0 spiro atoms. The van der Waals surface area contributed by atoms with Crippen molar-refractivity contribution in [1.82, 2.24) is 15.5 Å². The van der Waals surface area contributed by atoms with Crippen molar-refractivity contribution in [2.45, 2.75) is 52.6 Å². The summed E-state index contributed by atoms with van der Waals surface area (Å²) in [6.07, 6.45) is 2.94. The molecule has 0 bridgehead atoms. The van der Waals surface area contributed by atoms with Gasteiger partial charge in [-0.3, -0.25) is 4.99 Å². The number of nitrogens with zero attached hydrogens (tertiary/aromatic N) is 2. The number of hydrogen-bond acceptors (Lipinski definition) is 4. The zero-order valence-corrected chi connectivity index (χ0v) is 16.7. The number of rotatable bonds is 10. The molecule has 0 heterocycles. The van der Waals surface area contributed by atoms with Crippen LogP contribution in [0.25, 0.3) is 0 Å². The summed E-state index contributed by atoms with van der Waals surface area (Å²) in [6.45, 7) is 9.94. The van der Waals surface area contributed by atoms with Gasteiger partial charge in [0.2, 0.25) is 0 Å². The van der Waals surface area contributed by atoms with Crippen LogP contribution in [0.4, 0.5) is 0 Å². The second kappa shape index (κ2) is 10.9. The summed E-state index contributed by atoms with van der Waals surface area (Å²) >= 11 is 0. The van der Waals surface area contributed by atoms with Gasteiger partial charge in [-0.15, -0.1) is 0 Å². The minimum absolute atomic E-state index is 0.0606. The van der Waals surface area contributed by atoms with Gasteiger partial charge in [-0.1, -0.05) is 13.8 Å². The Balaban J connectivity index is 4.68. The average Bonchev–Trinajstić information content (AvgIpc) is 2.39. The first kappa shape index (κ1) is 22.2. The van der Waals surface area contributed by atoms with Crippen molar-refractivity contribution in [3.63, 3.8) is 0 Å². The molecule has 2 atom stereocenters. The third-order valence-electron chi connectivity index (χ3n) is 3.58. The van der Waals surface area contributed by atoms with Crippen LogP contribution in [0.1, 0.15) is 40.5 Å². The van der Waals surface area contributed by atoms with E-state index in [1.807, 2.05) is 13.8 Å². The Hall–Kier alpha value is -0.820. The lowest BCUT2D eigenvalue weighted by Crippen LogP contribution is -2.44. The fraction of sp³-hybridized carbons (Fsp3) is 0.938. The van der Waals surface area contributed by atoms with Gasteiger partial charge in [-0.2, -0.15) is 0 Å². The maximum Gasteiger partial charge on any atom is 0.191 e. The van der Waals surface area contributed by atoms with Gasteiger partial charge in [-0.05, 0) is 46.7 Å². The molecular formula is C16H36N4O2S. The Kier molecular flexibility index (Phi) is 10.5. The van der Waals surface area contributed by atoms with Crippen LogP contribution < -0.4 is 10.6 Å². The van der Waals surface area contributed by atoms with Crippen molar-refractivity contribution < 1.29 is 8.42 Å². The summed E-state index contributed by atoms with van der Waals surface area (Å²) < 4.78 is 22.5. The number of aliphatic imine (C=N–C) groups is 1. The average molecular weight is 349 g/mol. The fourth-order valence-electron chi connectivity index (χ4n) is 2.21.